The summed E-state index contributed by atoms with van der Waals surface area (Å²) >= 11 is 6.24. The number of carbonyl (C=O) groups is 2. The van der Waals surface area contributed by atoms with Gasteiger partial charge in [-0.25, -0.2) is 4.39 Å². The van der Waals surface area contributed by atoms with Gasteiger partial charge in [0.2, 0.25) is 5.91 Å². The molecule has 1 atom stereocenters. The van der Waals surface area contributed by atoms with Crippen LogP contribution in [0.2, 0.25) is 5.02 Å². The van der Waals surface area contributed by atoms with E-state index in [1.807, 2.05) is 0 Å². The van der Waals surface area contributed by atoms with Crippen molar-refractivity contribution in [3.05, 3.63) is 70.7 Å². The predicted octanol–water partition coefficient (Wildman–Crippen LogP) is 3.98. The maximum absolute atomic E-state index is 13.1. The normalized spacial score (nSPS) is 16.3. The van der Waals surface area contributed by atoms with Gasteiger partial charge in [0.15, 0.2) is 0 Å². The zero-order valence-corrected chi connectivity index (χ0v) is 16.2. The number of aromatic nitrogens is 1. The van der Waals surface area contributed by atoms with Crippen molar-refractivity contribution in [2.75, 3.05) is 11.4 Å². The Morgan fingerprint density at radius 1 is 1.24 bits per heavy atom. The Morgan fingerprint density at radius 2 is 1.97 bits per heavy atom. The van der Waals surface area contributed by atoms with Gasteiger partial charge in [-0.3, -0.25) is 9.59 Å². The first-order valence-electron chi connectivity index (χ1n) is 9.02. The van der Waals surface area contributed by atoms with Gasteiger partial charge in [-0.05, 0) is 37.3 Å². The minimum absolute atomic E-state index is 0.143. The lowest BCUT2D eigenvalue weighted by Crippen LogP contribution is -2.37. The summed E-state index contributed by atoms with van der Waals surface area (Å²) in [6.45, 7) is 1.94. The van der Waals surface area contributed by atoms with Gasteiger partial charge in [-0.2, -0.15) is 0 Å². The van der Waals surface area contributed by atoms with Gasteiger partial charge in [0.25, 0.3) is 5.91 Å². The van der Waals surface area contributed by atoms with E-state index in [1.54, 1.807) is 31.2 Å². The van der Waals surface area contributed by atoms with Gasteiger partial charge < -0.3 is 14.7 Å². The van der Waals surface area contributed by atoms with E-state index >= 15 is 0 Å². The lowest BCUT2D eigenvalue weighted by atomic mass is 10.1. The van der Waals surface area contributed by atoms with Crippen LogP contribution in [-0.2, 0) is 4.79 Å². The van der Waals surface area contributed by atoms with E-state index in [0.29, 0.717) is 34.3 Å². The highest BCUT2D eigenvalue weighted by atomic mass is 35.5. The molecule has 2 amide bonds. The van der Waals surface area contributed by atoms with Crippen molar-refractivity contribution in [2.24, 2.45) is 0 Å². The number of nitrogens with zero attached hydrogens (tertiary/aromatic N) is 2. The molecule has 1 aliphatic rings. The lowest BCUT2D eigenvalue weighted by molar-refractivity contribution is -0.117. The first-order valence-corrected chi connectivity index (χ1v) is 9.40. The maximum atomic E-state index is 13.1. The van der Waals surface area contributed by atoms with E-state index < -0.39 is 11.9 Å². The molecule has 0 bridgehead atoms. The molecule has 0 aliphatic carbocycles. The van der Waals surface area contributed by atoms with E-state index in [-0.39, 0.29) is 23.7 Å². The highest BCUT2D eigenvalue weighted by Gasteiger charge is 2.33. The fraction of sp³-hybridized carbons (Fsp3) is 0.190. The topological polar surface area (TPSA) is 75.4 Å². The highest BCUT2D eigenvalue weighted by Crippen LogP contribution is 2.31. The summed E-state index contributed by atoms with van der Waals surface area (Å²) in [5, 5.41) is 7.32. The maximum Gasteiger partial charge on any atom is 0.257 e. The van der Waals surface area contributed by atoms with Crippen LogP contribution in [0.1, 0.15) is 22.5 Å². The molecule has 3 aromatic rings. The monoisotopic (exact) mass is 413 g/mol. The molecule has 1 fully saturated rings. The highest BCUT2D eigenvalue weighted by molar-refractivity contribution is 6.33. The molecule has 2 aromatic carbocycles. The first kappa shape index (κ1) is 19.1. The summed E-state index contributed by atoms with van der Waals surface area (Å²) in [6.07, 6.45) is 0.148. The zero-order chi connectivity index (χ0) is 20.5. The minimum Gasteiger partial charge on any atom is -0.360 e. The van der Waals surface area contributed by atoms with Gasteiger partial charge in [0, 0.05) is 24.2 Å². The largest absolute Gasteiger partial charge is 0.360 e. The van der Waals surface area contributed by atoms with Crippen molar-refractivity contribution in [3.63, 3.8) is 0 Å². The Bertz CT molecular complexity index is 1080. The number of carbonyl (C=O) groups excluding carboxylic acids is 2. The molecule has 2 heterocycles. The van der Waals surface area contributed by atoms with Crippen LogP contribution < -0.4 is 10.2 Å². The number of halogens is 2. The number of rotatable bonds is 4. The Balaban J connectivity index is 1.54. The number of anilines is 1. The standard InChI is InChI=1S/C21H17ClFN3O3/c1-12-19(20(25-29-12)16-4-2-3-5-17(16)22)21(28)24-14-10-18(27)26(11-14)15-8-6-13(23)7-9-15/h2-9,14H,10-11H2,1H3,(H,24,28)/t14-/m0/s1. The molecule has 0 radical (unpaired) electrons. The molecular weight excluding hydrogens is 397 g/mol. The van der Waals surface area contributed by atoms with Crippen LogP contribution in [0.4, 0.5) is 10.1 Å². The Kier molecular flexibility index (Phi) is 5.07. The molecule has 0 spiro atoms. The number of amides is 2. The predicted molar refractivity (Wildman–Crippen MR) is 106 cm³/mol. The van der Waals surface area contributed by atoms with Crippen LogP contribution >= 0.6 is 11.6 Å². The molecule has 1 N–H and O–H groups in total. The SMILES string of the molecule is Cc1onc(-c2ccccc2Cl)c1C(=O)N[C@H]1CC(=O)N(c2ccc(F)cc2)C1. The molecule has 4 rings (SSSR count). The molecule has 1 aliphatic heterocycles. The van der Waals surface area contributed by atoms with Crippen molar-refractivity contribution >= 4 is 29.1 Å². The fourth-order valence-corrected chi connectivity index (χ4v) is 3.63. The van der Waals surface area contributed by atoms with Crippen LogP contribution in [0, 0.1) is 12.7 Å². The quantitative estimate of drug-likeness (QED) is 0.702. The Morgan fingerprint density at radius 3 is 2.69 bits per heavy atom. The number of hydrogen-bond donors (Lipinski definition) is 1. The Labute approximate surface area is 171 Å². The molecule has 1 saturated heterocycles. The number of aryl methyl sites for hydroxylation is 1. The van der Waals surface area contributed by atoms with Gasteiger partial charge in [0.1, 0.15) is 22.8 Å². The Hall–Kier alpha value is -3.19. The summed E-state index contributed by atoms with van der Waals surface area (Å²) in [6, 6.07) is 12.3. The zero-order valence-electron chi connectivity index (χ0n) is 15.5. The number of benzene rings is 2. The van der Waals surface area contributed by atoms with Crippen LogP contribution in [0.5, 0.6) is 0 Å². The van der Waals surface area contributed by atoms with Gasteiger partial charge in [0.05, 0.1) is 11.1 Å². The third-order valence-corrected chi connectivity index (χ3v) is 5.15. The number of nitrogens with one attached hydrogen (secondary N) is 1. The molecule has 29 heavy (non-hydrogen) atoms. The average molecular weight is 414 g/mol. The second-order valence-electron chi connectivity index (χ2n) is 6.80. The van der Waals surface area contributed by atoms with Crippen molar-refractivity contribution < 1.29 is 18.5 Å². The van der Waals surface area contributed by atoms with Gasteiger partial charge >= 0.3 is 0 Å². The number of hydrogen-bond acceptors (Lipinski definition) is 4. The third kappa shape index (κ3) is 3.73. The van der Waals surface area contributed by atoms with Crippen molar-refractivity contribution in [1.82, 2.24) is 10.5 Å². The molecule has 1 aromatic heterocycles. The molecule has 6 nitrogen and oxygen atoms in total. The summed E-state index contributed by atoms with van der Waals surface area (Å²) in [5.74, 6) is -0.551. The summed E-state index contributed by atoms with van der Waals surface area (Å²) in [5.41, 5.74) is 1.81. The van der Waals surface area contributed by atoms with Crippen molar-refractivity contribution in [1.29, 1.82) is 0 Å². The molecule has 148 valence electrons. The van der Waals surface area contributed by atoms with Crippen LogP contribution in [0.3, 0.4) is 0 Å². The minimum atomic E-state index is -0.395. The summed E-state index contributed by atoms with van der Waals surface area (Å²) < 4.78 is 18.4. The molecular formula is C21H17ClFN3O3. The first-order chi connectivity index (χ1) is 13.9. The van der Waals surface area contributed by atoms with E-state index in [0.717, 1.165) is 0 Å². The van der Waals surface area contributed by atoms with E-state index in [4.69, 9.17) is 16.1 Å². The van der Waals surface area contributed by atoms with Gasteiger partial charge in [-0.1, -0.05) is 35.0 Å². The smallest absolute Gasteiger partial charge is 0.257 e. The third-order valence-electron chi connectivity index (χ3n) is 4.82. The second-order valence-corrected chi connectivity index (χ2v) is 7.20. The van der Waals surface area contributed by atoms with Crippen LogP contribution in [-0.4, -0.2) is 29.6 Å². The van der Waals surface area contributed by atoms with E-state index in [1.165, 1.54) is 29.2 Å². The molecule has 0 unspecified atom stereocenters. The average Bonchev–Trinajstić information content (AvgIpc) is 3.25. The molecule has 0 saturated carbocycles. The lowest BCUT2D eigenvalue weighted by Gasteiger charge is -2.17. The second kappa shape index (κ2) is 7.67. The summed E-state index contributed by atoms with van der Waals surface area (Å²) in [4.78, 5) is 26.8. The van der Waals surface area contributed by atoms with Crippen molar-refractivity contribution in [3.8, 4) is 11.3 Å². The van der Waals surface area contributed by atoms with Crippen LogP contribution in [0.15, 0.2) is 53.1 Å². The van der Waals surface area contributed by atoms with Crippen LogP contribution in [0.25, 0.3) is 11.3 Å². The molecule has 8 heteroatoms. The fourth-order valence-electron chi connectivity index (χ4n) is 3.41. The van der Waals surface area contributed by atoms with E-state index in [9.17, 15) is 14.0 Å². The van der Waals surface area contributed by atoms with Crippen molar-refractivity contribution in [2.45, 2.75) is 19.4 Å². The summed E-state index contributed by atoms with van der Waals surface area (Å²) in [7, 11) is 0. The van der Waals surface area contributed by atoms with E-state index in [2.05, 4.69) is 10.5 Å². The van der Waals surface area contributed by atoms with Gasteiger partial charge in [-0.15, -0.1) is 0 Å².